The van der Waals surface area contributed by atoms with E-state index in [4.69, 9.17) is 21.9 Å². The molecule has 0 spiro atoms. The monoisotopic (exact) mass is 290 g/mol. The van der Waals surface area contributed by atoms with Gasteiger partial charge in [0, 0.05) is 24.5 Å². The summed E-state index contributed by atoms with van der Waals surface area (Å²) in [6, 6.07) is 3.03. The van der Waals surface area contributed by atoms with Crippen LogP contribution in [0.2, 0.25) is 5.02 Å². The highest BCUT2D eigenvalue weighted by molar-refractivity contribution is 6.32. The molecule has 0 radical (unpaired) electrons. The predicted octanol–water partition coefficient (Wildman–Crippen LogP) is 1.75. The number of aromatic nitrogens is 5. The molecule has 0 aromatic carbocycles. The molecule has 0 aliphatic carbocycles. The molecule has 0 fully saturated rings. The highest BCUT2D eigenvalue weighted by Crippen LogP contribution is 2.23. The van der Waals surface area contributed by atoms with Gasteiger partial charge in [-0.15, -0.1) is 0 Å². The van der Waals surface area contributed by atoms with Gasteiger partial charge in [0.1, 0.15) is 5.69 Å². The third kappa shape index (κ3) is 2.54. The molecule has 3 aromatic rings. The van der Waals surface area contributed by atoms with Gasteiger partial charge in [-0.3, -0.25) is 4.98 Å². The van der Waals surface area contributed by atoms with Gasteiger partial charge in [-0.25, -0.2) is 4.98 Å². The summed E-state index contributed by atoms with van der Waals surface area (Å²) in [6.45, 7) is 0. The van der Waals surface area contributed by atoms with Crippen molar-refractivity contribution in [3.05, 3.63) is 47.5 Å². The van der Waals surface area contributed by atoms with E-state index in [9.17, 15) is 0 Å². The van der Waals surface area contributed by atoms with E-state index in [0.717, 1.165) is 5.69 Å². The number of nitrogens with zero attached hydrogens (tertiary/aromatic N) is 4. The van der Waals surface area contributed by atoms with Crippen LogP contribution >= 0.6 is 11.6 Å². The van der Waals surface area contributed by atoms with Gasteiger partial charge in [-0.2, -0.15) is 4.98 Å². The number of nitrogens with one attached hydrogen (secondary N) is 1. The molecule has 3 aromatic heterocycles. The minimum atomic E-state index is -0.417. The average Bonchev–Trinajstić information content (AvgIpc) is 3.10. The van der Waals surface area contributed by atoms with E-state index in [2.05, 4.69) is 25.1 Å². The molecule has 1 atom stereocenters. The molecule has 3 rings (SSSR count). The quantitative estimate of drug-likeness (QED) is 0.758. The van der Waals surface area contributed by atoms with Crippen molar-refractivity contribution < 1.29 is 4.52 Å². The molecule has 3 heterocycles. The summed E-state index contributed by atoms with van der Waals surface area (Å²) in [5.41, 5.74) is 7.38. The Labute approximate surface area is 119 Å². The molecule has 20 heavy (non-hydrogen) atoms. The first-order chi connectivity index (χ1) is 9.74. The Bertz CT molecular complexity index is 696. The number of pyridine rings is 1. The molecule has 0 aliphatic heterocycles. The smallest absolute Gasteiger partial charge is 0.244 e. The second-order valence-electron chi connectivity index (χ2n) is 4.18. The van der Waals surface area contributed by atoms with E-state index in [0.29, 0.717) is 28.9 Å². The Morgan fingerprint density at radius 3 is 3.10 bits per heavy atom. The Hall–Kier alpha value is -2.25. The van der Waals surface area contributed by atoms with Crippen LogP contribution in [0, 0.1) is 0 Å². The summed E-state index contributed by atoms with van der Waals surface area (Å²) in [7, 11) is 0. The Morgan fingerprint density at radius 1 is 1.45 bits per heavy atom. The van der Waals surface area contributed by atoms with E-state index in [1.807, 2.05) is 0 Å². The van der Waals surface area contributed by atoms with Crippen LogP contribution in [-0.4, -0.2) is 25.1 Å². The van der Waals surface area contributed by atoms with Crippen LogP contribution in [0.15, 0.2) is 35.4 Å². The van der Waals surface area contributed by atoms with Gasteiger partial charge in [0.15, 0.2) is 0 Å². The molecule has 0 saturated heterocycles. The summed E-state index contributed by atoms with van der Waals surface area (Å²) in [6.07, 6.45) is 5.43. The van der Waals surface area contributed by atoms with Crippen molar-refractivity contribution in [2.45, 2.75) is 12.5 Å². The SMILES string of the molecule is NC(Cc1cnc[nH]1)c1nc(-c2ncccc2Cl)no1. The number of imidazole rings is 1. The lowest BCUT2D eigenvalue weighted by Crippen LogP contribution is -2.14. The number of aromatic amines is 1. The number of hydrogen-bond donors (Lipinski definition) is 2. The van der Waals surface area contributed by atoms with Crippen LogP contribution in [0.1, 0.15) is 17.6 Å². The predicted molar refractivity (Wildman–Crippen MR) is 71.8 cm³/mol. The first-order valence-electron chi connectivity index (χ1n) is 5.91. The standard InChI is InChI=1S/C12H11ClN6O/c13-8-2-1-3-16-10(8)11-18-12(20-19-11)9(14)4-7-5-15-6-17-7/h1-3,5-6,9H,4,14H2,(H,15,17). The van der Waals surface area contributed by atoms with Gasteiger partial charge < -0.3 is 15.2 Å². The number of halogens is 1. The van der Waals surface area contributed by atoms with E-state index >= 15 is 0 Å². The van der Waals surface area contributed by atoms with Crippen molar-refractivity contribution in [3.63, 3.8) is 0 Å². The lowest BCUT2D eigenvalue weighted by Gasteiger charge is -2.03. The molecule has 0 amide bonds. The fourth-order valence-electron chi connectivity index (χ4n) is 1.75. The van der Waals surface area contributed by atoms with E-state index in [1.165, 1.54) is 0 Å². The first kappa shape index (κ1) is 12.8. The zero-order valence-corrected chi connectivity index (χ0v) is 11.1. The summed E-state index contributed by atoms with van der Waals surface area (Å²) >= 11 is 6.03. The molecule has 0 saturated carbocycles. The van der Waals surface area contributed by atoms with Crippen molar-refractivity contribution in [2.75, 3.05) is 0 Å². The van der Waals surface area contributed by atoms with Crippen molar-refractivity contribution in [2.24, 2.45) is 5.73 Å². The highest BCUT2D eigenvalue weighted by atomic mass is 35.5. The molecule has 3 N–H and O–H groups in total. The van der Waals surface area contributed by atoms with Gasteiger partial charge in [0.25, 0.3) is 0 Å². The van der Waals surface area contributed by atoms with Gasteiger partial charge in [0.05, 0.1) is 17.4 Å². The zero-order valence-electron chi connectivity index (χ0n) is 10.3. The fraction of sp³-hybridized carbons (Fsp3) is 0.167. The maximum atomic E-state index is 6.03. The third-order valence-corrected chi connectivity index (χ3v) is 3.03. The number of hydrogen-bond acceptors (Lipinski definition) is 6. The van der Waals surface area contributed by atoms with Crippen LogP contribution in [0.3, 0.4) is 0 Å². The van der Waals surface area contributed by atoms with Crippen molar-refractivity contribution in [1.82, 2.24) is 25.1 Å². The second kappa shape index (κ2) is 5.40. The van der Waals surface area contributed by atoms with Crippen molar-refractivity contribution >= 4 is 11.6 Å². The Balaban J connectivity index is 1.81. The van der Waals surface area contributed by atoms with Crippen LogP contribution < -0.4 is 5.73 Å². The molecule has 102 valence electrons. The van der Waals surface area contributed by atoms with Gasteiger partial charge in [-0.05, 0) is 12.1 Å². The van der Waals surface area contributed by atoms with E-state index < -0.39 is 6.04 Å². The largest absolute Gasteiger partial charge is 0.348 e. The summed E-state index contributed by atoms with van der Waals surface area (Å²) in [5.74, 6) is 0.655. The summed E-state index contributed by atoms with van der Waals surface area (Å²) in [5, 5.41) is 4.32. The molecular formula is C12H11ClN6O. The van der Waals surface area contributed by atoms with Crippen LogP contribution in [0.25, 0.3) is 11.5 Å². The summed E-state index contributed by atoms with van der Waals surface area (Å²) in [4.78, 5) is 15.3. The Kier molecular flexibility index (Phi) is 3.44. The lowest BCUT2D eigenvalue weighted by atomic mass is 10.2. The van der Waals surface area contributed by atoms with Crippen LogP contribution in [0.4, 0.5) is 0 Å². The maximum Gasteiger partial charge on any atom is 0.244 e. The van der Waals surface area contributed by atoms with Crippen molar-refractivity contribution in [1.29, 1.82) is 0 Å². The molecule has 0 bridgehead atoms. The maximum absolute atomic E-state index is 6.03. The fourth-order valence-corrected chi connectivity index (χ4v) is 1.96. The zero-order chi connectivity index (χ0) is 13.9. The van der Waals surface area contributed by atoms with Crippen molar-refractivity contribution in [3.8, 4) is 11.5 Å². The number of H-pyrrole nitrogens is 1. The summed E-state index contributed by atoms with van der Waals surface area (Å²) < 4.78 is 5.17. The van der Waals surface area contributed by atoms with E-state index in [-0.39, 0.29) is 0 Å². The van der Waals surface area contributed by atoms with Crippen LogP contribution in [0.5, 0.6) is 0 Å². The topological polar surface area (TPSA) is 107 Å². The molecule has 0 aliphatic rings. The lowest BCUT2D eigenvalue weighted by molar-refractivity contribution is 0.354. The minimum absolute atomic E-state index is 0.325. The van der Waals surface area contributed by atoms with Gasteiger partial charge in [0.2, 0.25) is 11.7 Å². The first-order valence-corrected chi connectivity index (χ1v) is 6.29. The van der Waals surface area contributed by atoms with Crippen LogP contribution in [-0.2, 0) is 6.42 Å². The molecular weight excluding hydrogens is 280 g/mol. The van der Waals surface area contributed by atoms with Gasteiger partial charge in [-0.1, -0.05) is 16.8 Å². The molecule has 1 unspecified atom stereocenters. The number of nitrogens with two attached hydrogens (primary N) is 1. The second-order valence-corrected chi connectivity index (χ2v) is 4.58. The van der Waals surface area contributed by atoms with E-state index in [1.54, 1.807) is 30.9 Å². The molecule has 8 heteroatoms. The molecule has 7 nitrogen and oxygen atoms in total. The highest BCUT2D eigenvalue weighted by Gasteiger charge is 2.18. The van der Waals surface area contributed by atoms with Gasteiger partial charge >= 0.3 is 0 Å². The minimum Gasteiger partial charge on any atom is -0.348 e. The average molecular weight is 291 g/mol. The number of rotatable bonds is 4. The third-order valence-electron chi connectivity index (χ3n) is 2.72. The normalized spacial score (nSPS) is 12.5. The Morgan fingerprint density at radius 2 is 2.35 bits per heavy atom.